The normalized spacial score (nSPS) is 12.2. The van der Waals surface area contributed by atoms with Gasteiger partial charge in [-0.3, -0.25) is 0 Å². The molecule has 0 amide bonds. The Hall–Kier alpha value is -5.96. The van der Waals surface area contributed by atoms with Crippen LogP contribution in [-0.4, -0.2) is 4.98 Å². The van der Waals surface area contributed by atoms with Crippen LogP contribution in [0.25, 0.3) is 107 Å². The fraction of sp³-hybridized carbons (Fsp3) is 0. The molecule has 2 heterocycles. The third-order valence-corrected chi connectivity index (χ3v) is 11.5. The number of nitrogens with one attached hydrogen (secondary N) is 1. The summed E-state index contributed by atoms with van der Waals surface area (Å²) in [5, 5.41) is 15.6. The smallest absolute Gasteiger partial charge is 0.0653 e. The van der Waals surface area contributed by atoms with Crippen LogP contribution in [0.1, 0.15) is 0 Å². The lowest BCUT2D eigenvalue weighted by Gasteiger charge is -2.12. The van der Waals surface area contributed by atoms with Gasteiger partial charge in [-0.2, -0.15) is 0 Å². The van der Waals surface area contributed by atoms with E-state index in [0.717, 1.165) is 0 Å². The molecule has 222 valence electrons. The van der Waals surface area contributed by atoms with Crippen LogP contribution in [0.3, 0.4) is 0 Å². The van der Waals surface area contributed by atoms with Gasteiger partial charge in [0.25, 0.3) is 0 Å². The van der Waals surface area contributed by atoms with Crippen LogP contribution in [0.15, 0.2) is 158 Å². The van der Waals surface area contributed by atoms with Crippen molar-refractivity contribution >= 4 is 96.4 Å². The highest BCUT2D eigenvalue weighted by molar-refractivity contribution is 7.27. The third kappa shape index (κ3) is 3.61. The lowest BCUT2D eigenvalue weighted by Crippen LogP contribution is -1.86. The largest absolute Gasteiger partial charge is 0.353 e. The molecule has 0 fully saturated rings. The highest BCUT2D eigenvalue weighted by Crippen LogP contribution is 2.47. The van der Waals surface area contributed by atoms with E-state index in [2.05, 4.69) is 163 Å². The summed E-state index contributed by atoms with van der Waals surface area (Å²) in [5.74, 6) is 0. The predicted octanol–water partition coefficient (Wildman–Crippen LogP) is 13.6. The first-order chi connectivity index (χ1) is 23.8. The number of rotatable bonds is 2. The van der Waals surface area contributed by atoms with Crippen LogP contribution in [0, 0.1) is 0 Å². The van der Waals surface area contributed by atoms with Crippen molar-refractivity contribution in [2.75, 3.05) is 0 Å². The Morgan fingerprint density at radius 1 is 0.354 bits per heavy atom. The number of hydrogen-bond acceptors (Lipinski definition) is 1. The lowest BCUT2D eigenvalue weighted by atomic mass is 9.91. The van der Waals surface area contributed by atoms with E-state index in [9.17, 15) is 0 Å². The molecule has 0 atom stereocenters. The zero-order chi connectivity index (χ0) is 31.3. The Balaban J connectivity index is 1.18. The highest BCUT2D eigenvalue weighted by Gasteiger charge is 2.19. The van der Waals surface area contributed by atoms with Crippen molar-refractivity contribution in [1.29, 1.82) is 0 Å². The molecule has 48 heavy (non-hydrogen) atoms. The minimum Gasteiger partial charge on any atom is -0.353 e. The number of aromatic amines is 1. The Bertz CT molecular complexity index is 3110. The average molecular weight is 626 g/mol. The van der Waals surface area contributed by atoms with Crippen molar-refractivity contribution in [3.05, 3.63) is 158 Å². The summed E-state index contributed by atoms with van der Waals surface area (Å²) in [4.78, 5) is 3.93. The second kappa shape index (κ2) is 9.78. The minimum atomic E-state index is 1.22. The molecule has 0 saturated heterocycles. The van der Waals surface area contributed by atoms with E-state index in [-0.39, 0.29) is 0 Å². The molecular weight excluding hydrogens is 599 g/mol. The van der Waals surface area contributed by atoms with Gasteiger partial charge < -0.3 is 4.98 Å². The van der Waals surface area contributed by atoms with E-state index in [1.165, 1.54) is 107 Å². The standard InChI is InChI=1S/C46H27NS/c1-2-10-27(11-3-1)39-26-31-24-29(19-21-32(31)34-14-6-7-15-35(34)39)30-20-23-41-40(25-30)43-37-17-9-8-16-36(37)42-38-22-18-28-12-4-5-13-33(28)44(38)47-45(42)46(43)48-41/h1-26,47H. The summed E-state index contributed by atoms with van der Waals surface area (Å²) < 4.78 is 2.64. The van der Waals surface area contributed by atoms with Crippen molar-refractivity contribution in [1.82, 2.24) is 4.98 Å². The second-order valence-corrected chi connectivity index (χ2v) is 14.0. The van der Waals surface area contributed by atoms with Gasteiger partial charge in [0, 0.05) is 31.6 Å². The highest BCUT2D eigenvalue weighted by atomic mass is 32.1. The Morgan fingerprint density at radius 2 is 1.02 bits per heavy atom. The topological polar surface area (TPSA) is 15.8 Å². The Kier molecular flexibility index (Phi) is 5.32. The molecule has 11 rings (SSSR count). The molecule has 0 aliphatic carbocycles. The van der Waals surface area contributed by atoms with E-state index in [0.29, 0.717) is 0 Å². The fourth-order valence-electron chi connectivity index (χ4n) is 8.18. The van der Waals surface area contributed by atoms with E-state index >= 15 is 0 Å². The van der Waals surface area contributed by atoms with Crippen LogP contribution in [-0.2, 0) is 0 Å². The summed E-state index contributed by atoms with van der Waals surface area (Å²) in [7, 11) is 0. The number of aromatic nitrogens is 1. The van der Waals surface area contributed by atoms with E-state index < -0.39 is 0 Å². The lowest BCUT2D eigenvalue weighted by molar-refractivity contribution is 1.59. The van der Waals surface area contributed by atoms with Crippen LogP contribution < -0.4 is 0 Å². The average Bonchev–Trinajstić information content (AvgIpc) is 3.74. The summed E-state index contributed by atoms with van der Waals surface area (Å²) in [6.07, 6.45) is 0. The quantitative estimate of drug-likeness (QED) is 0.184. The van der Waals surface area contributed by atoms with Crippen LogP contribution in [0.4, 0.5) is 0 Å². The number of fused-ring (bicyclic) bond motifs is 15. The molecule has 2 aromatic heterocycles. The number of H-pyrrole nitrogens is 1. The fourth-order valence-corrected chi connectivity index (χ4v) is 9.38. The molecule has 0 unspecified atom stereocenters. The van der Waals surface area contributed by atoms with E-state index in [4.69, 9.17) is 0 Å². The Labute approximate surface area is 280 Å². The van der Waals surface area contributed by atoms with Gasteiger partial charge in [0.05, 0.1) is 15.7 Å². The first kappa shape index (κ1) is 26.1. The van der Waals surface area contributed by atoms with Crippen molar-refractivity contribution in [3.63, 3.8) is 0 Å². The van der Waals surface area contributed by atoms with Crippen molar-refractivity contribution < 1.29 is 0 Å². The van der Waals surface area contributed by atoms with Gasteiger partial charge in [0.2, 0.25) is 0 Å². The summed E-state index contributed by atoms with van der Waals surface area (Å²) in [5.41, 5.74) is 7.46. The molecule has 9 aromatic carbocycles. The zero-order valence-corrected chi connectivity index (χ0v) is 26.7. The predicted molar refractivity (Wildman–Crippen MR) is 210 cm³/mol. The Morgan fingerprint density at radius 3 is 1.88 bits per heavy atom. The number of benzene rings is 9. The molecule has 0 saturated carbocycles. The molecule has 1 nitrogen and oxygen atoms in total. The molecule has 0 aliphatic rings. The maximum atomic E-state index is 3.93. The minimum absolute atomic E-state index is 1.22. The van der Waals surface area contributed by atoms with Gasteiger partial charge in [-0.15, -0.1) is 11.3 Å². The summed E-state index contributed by atoms with van der Waals surface area (Å²) in [6.45, 7) is 0. The molecule has 0 aliphatic heterocycles. The van der Waals surface area contributed by atoms with Crippen molar-refractivity contribution in [3.8, 4) is 22.3 Å². The van der Waals surface area contributed by atoms with Crippen molar-refractivity contribution in [2.24, 2.45) is 0 Å². The first-order valence-electron chi connectivity index (χ1n) is 16.5. The molecule has 0 radical (unpaired) electrons. The molecule has 1 N–H and O–H groups in total. The SMILES string of the molecule is c1ccc(-c2cc3cc(-c4ccc5sc6c7[nH]c8c9ccccc9ccc8c7c7ccccc7c6c5c4)ccc3c3ccccc23)cc1. The van der Waals surface area contributed by atoms with Crippen LogP contribution in [0.5, 0.6) is 0 Å². The maximum Gasteiger partial charge on any atom is 0.0653 e. The monoisotopic (exact) mass is 625 g/mol. The second-order valence-electron chi connectivity index (χ2n) is 12.9. The molecule has 0 spiro atoms. The molecular formula is C46H27NS. The summed E-state index contributed by atoms with van der Waals surface area (Å²) in [6, 6.07) is 58.2. The van der Waals surface area contributed by atoms with Crippen LogP contribution >= 0.6 is 11.3 Å². The molecule has 2 heteroatoms. The molecule has 11 aromatic rings. The van der Waals surface area contributed by atoms with Gasteiger partial charge in [0.1, 0.15) is 0 Å². The zero-order valence-electron chi connectivity index (χ0n) is 25.9. The van der Waals surface area contributed by atoms with Gasteiger partial charge >= 0.3 is 0 Å². The van der Waals surface area contributed by atoms with Gasteiger partial charge in [-0.1, -0.05) is 133 Å². The summed E-state index contributed by atoms with van der Waals surface area (Å²) >= 11 is 1.90. The third-order valence-electron chi connectivity index (χ3n) is 10.4. The molecule has 0 bridgehead atoms. The number of hydrogen-bond donors (Lipinski definition) is 1. The maximum absolute atomic E-state index is 3.93. The van der Waals surface area contributed by atoms with Gasteiger partial charge in [-0.05, 0) is 84.2 Å². The van der Waals surface area contributed by atoms with Gasteiger partial charge in [0.15, 0.2) is 0 Å². The van der Waals surface area contributed by atoms with E-state index in [1.807, 2.05) is 11.3 Å². The van der Waals surface area contributed by atoms with Crippen LogP contribution in [0.2, 0.25) is 0 Å². The van der Waals surface area contributed by atoms with E-state index in [1.54, 1.807) is 0 Å². The van der Waals surface area contributed by atoms with Gasteiger partial charge in [-0.25, -0.2) is 0 Å². The number of thiophene rings is 1. The van der Waals surface area contributed by atoms with Crippen molar-refractivity contribution in [2.45, 2.75) is 0 Å². The first-order valence-corrected chi connectivity index (χ1v) is 17.3.